The van der Waals surface area contributed by atoms with E-state index in [1.54, 1.807) is 6.33 Å². The highest BCUT2D eigenvalue weighted by atomic mass is 15.3. The van der Waals surface area contributed by atoms with E-state index in [9.17, 15) is 0 Å². The number of nitrogens with zero attached hydrogens (tertiary/aromatic N) is 4. The first-order valence-corrected chi connectivity index (χ1v) is 7.12. The summed E-state index contributed by atoms with van der Waals surface area (Å²) >= 11 is 0. The number of nitrogens with one attached hydrogen (secondary N) is 1. The molecule has 1 unspecified atom stereocenters. The number of rotatable bonds is 5. The van der Waals surface area contributed by atoms with Crippen LogP contribution in [-0.2, 0) is 6.42 Å². The average Bonchev–Trinajstić information content (AvgIpc) is 2.41. The van der Waals surface area contributed by atoms with E-state index in [1.807, 2.05) is 0 Å². The molecule has 1 fully saturated rings. The molecule has 1 aliphatic heterocycles. The smallest absolute Gasteiger partial charge is 0.129 e. The molecule has 2 rings (SSSR count). The maximum Gasteiger partial charge on any atom is 0.129 e. The van der Waals surface area contributed by atoms with E-state index in [1.165, 1.54) is 0 Å². The molecule has 0 saturated carbocycles. The third kappa shape index (κ3) is 4.14. The van der Waals surface area contributed by atoms with E-state index in [-0.39, 0.29) is 0 Å². The van der Waals surface area contributed by atoms with Gasteiger partial charge in [0.1, 0.15) is 12.1 Å². The molecule has 0 amide bonds. The fourth-order valence-corrected chi connectivity index (χ4v) is 2.43. The Morgan fingerprint density at radius 2 is 2.16 bits per heavy atom. The second-order valence-electron chi connectivity index (χ2n) is 5.42. The van der Waals surface area contributed by atoms with Crippen LogP contribution >= 0.6 is 0 Å². The Morgan fingerprint density at radius 3 is 2.95 bits per heavy atom. The van der Waals surface area contributed by atoms with Crippen LogP contribution in [-0.4, -0.2) is 66.1 Å². The van der Waals surface area contributed by atoms with Crippen LogP contribution in [0.1, 0.15) is 19.0 Å². The van der Waals surface area contributed by atoms with Gasteiger partial charge in [0.05, 0.1) is 0 Å². The minimum absolute atomic E-state index is 0.545. The number of piperazine rings is 1. The summed E-state index contributed by atoms with van der Waals surface area (Å²) < 4.78 is 0. The quantitative estimate of drug-likeness (QED) is 0.861. The predicted octanol–water partition coefficient (Wildman–Crippen LogP) is 1.09. The zero-order valence-electron chi connectivity index (χ0n) is 12.3. The molecule has 1 aromatic heterocycles. The van der Waals surface area contributed by atoms with E-state index >= 15 is 0 Å². The molecule has 5 nitrogen and oxygen atoms in total. The summed E-state index contributed by atoms with van der Waals surface area (Å²) in [7, 11) is 4.38. The fraction of sp³-hybridized carbons (Fsp3) is 0.714. The van der Waals surface area contributed by atoms with E-state index in [4.69, 9.17) is 0 Å². The summed E-state index contributed by atoms with van der Waals surface area (Å²) in [6.45, 7) is 6.50. The first-order chi connectivity index (χ1) is 9.19. The Labute approximate surface area is 116 Å². The van der Waals surface area contributed by atoms with Crippen LogP contribution in [0.2, 0.25) is 0 Å². The van der Waals surface area contributed by atoms with Gasteiger partial charge in [-0.05, 0) is 20.5 Å². The molecule has 106 valence electrons. The van der Waals surface area contributed by atoms with Gasteiger partial charge >= 0.3 is 0 Å². The summed E-state index contributed by atoms with van der Waals surface area (Å²) in [6.07, 6.45) is 3.79. The zero-order chi connectivity index (χ0) is 13.7. The van der Waals surface area contributed by atoms with Crippen LogP contribution in [0.4, 0.5) is 5.82 Å². The van der Waals surface area contributed by atoms with Crippen molar-refractivity contribution in [3.8, 4) is 0 Å². The first kappa shape index (κ1) is 14.2. The summed E-state index contributed by atoms with van der Waals surface area (Å²) in [5.41, 5.74) is 1.12. The van der Waals surface area contributed by atoms with Gasteiger partial charge in [-0.1, -0.05) is 13.3 Å². The third-order valence-corrected chi connectivity index (χ3v) is 3.73. The monoisotopic (exact) mass is 263 g/mol. The number of aryl methyl sites for hydroxylation is 1. The highest BCUT2D eigenvalue weighted by molar-refractivity contribution is 5.35. The highest BCUT2D eigenvalue weighted by Gasteiger charge is 2.21. The van der Waals surface area contributed by atoms with Gasteiger partial charge in [0.25, 0.3) is 0 Å². The van der Waals surface area contributed by atoms with Gasteiger partial charge < -0.3 is 10.2 Å². The summed E-state index contributed by atoms with van der Waals surface area (Å²) in [6, 6.07) is 2.61. The molecule has 19 heavy (non-hydrogen) atoms. The zero-order valence-corrected chi connectivity index (χ0v) is 12.3. The minimum Gasteiger partial charge on any atom is -0.368 e. The maximum atomic E-state index is 4.30. The molecule has 1 aromatic rings. The van der Waals surface area contributed by atoms with Gasteiger partial charge in [-0.15, -0.1) is 0 Å². The Bertz CT molecular complexity index is 395. The van der Waals surface area contributed by atoms with Crippen LogP contribution in [0, 0.1) is 0 Å². The number of hydrogen-bond donors (Lipinski definition) is 1. The lowest BCUT2D eigenvalue weighted by atomic mass is 10.2. The largest absolute Gasteiger partial charge is 0.368 e. The minimum atomic E-state index is 0.545. The Balaban J connectivity index is 1.88. The molecule has 1 atom stereocenters. The lowest BCUT2D eigenvalue weighted by molar-refractivity contribution is 0.122. The lowest BCUT2D eigenvalue weighted by Gasteiger charge is -2.37. The molecule has 0 aliphatic carbocycles. The summed E-state index contributed by atoms with van der Waals surface area (Å²) in [5.74, 6) is 0.945. The van der Waals surface area contributed by atoms with Crippen molar-refractivity contribution in [2.45, 2.75) is 25.8 Å². The van der Waals surface area contributed by atoms with E-state index in [0.717, 1.165) is 50.5 Å². The van der Waals surface area contributed by atoms with Gasteiger partial charge in [-0.2, -0.15) is 0 Å². The van der Waals surface area contributed by atoms with E-state index in [2.05, 4.69) is 52.2 Å². The molecule has 2 heterocycles. The van der Waals surface area contributed by atoms with Gasteiger partial charge in [0.15, 0.2) is 0 Å². The number of likely N-dealkylation sites (N-methyl/N-ethyl adjacent to an activating group) is 2. The van der Waals surface area contributed by atoms with Crippen molar-refractivity contribution in [2.24, 2.45) is 0 Å². The SMILES string of the molecule is CCCc1cc(NCC2CN(C)CCN2C)ncn1. The highest BCUT2D eigenvalue weighted by Crippen LogP contribution is 2.09. The standard InChI is InChI=1S/C14H25N5/c1-4-5-12-8-14(17-11-16-12)15-9-13-10-18(2)6-7-19(13)3/h8,11,13H,4-7,9-10H2,1-3H3,(H,15,16,17). The molecular weight excluding hydrogens is 238 g/mol. The van der Waals surface area contributed by atoms with Crippen LogP contribution in [0.15, 0.2) is 12.4 Å². The van der Waals surface area contributed by atoms with Crippen LogP contribution < -0.4 is 5.32 Å². The maximum absolute atomic E-state index is 4.30. The van der Waals surface area contributed by atoms with Gasteiger partial charge in [0.2, 0.25) is 0 Å². The van der Waals surface area contributed by atoms with Gasteiger partial charge in [0, 0.05) is 44.0 Å². The van der Waals surface area contributed by atoms with Crippen molar-refractivity contribution in [3.05, 3.63) is 18.1 Å². The number of anilines is 1. The van der Waals surface area contributed by atoms with Crippen LogP contribution in [0.3, 0.4) is 0 Å². The van der Waals surface area contributed by atoms with Crippen molar-refractivity contribution in [3.63, 3.8) is 0 Å². The van der Waals surface area contributed by atoms with E-state index in [0.29, 0.717) is 6.04 Å². The lowest BCUT2D eigenvalue weighted by Crippen LogP contribution is -2.52. The molecule has 5 heteroatoms. The second-order valence-corrected chi connectivity index (χ2v) is 5.42. The number of aromatic nitrogens is 2. The predicted molar refractivity (Wildman–Crippen MR) is 78.4 cm³/mol. The van der Waals surface area contributed by atoms with Crippen molar-refractivity contribution in [1.82, 2.24) is 19.8 Å². The normalized spacial score (nSPS) is 21.5. The molecule has 0 aromatic carbocycles. The second kappa shape index (κ2) is 6.82. The third-order valence-electron chi connectivity index (χ3n) is 3.73. The Hall–Kier alpha value is -1.20. The van der Waals surface area contributed by atoms with Crippen LogP contribution in [0.25, 0.3) is 0 Å². The van der Waals surface area contributed by atoms with Gasteiger partial charge in [-0.3, -0.25) is 4.90 Å². The van der Waals surface area contributed by atoms with Crippen molar-refractivity contribution in [2.75, 3.05) is 45.6 Å². The molecule has 0 bridgehead atoms. The van der Waals surface area contributed by atoms with Crippen molar-refractivity contribution < 1.29 is 0 Å². The molecule has 1 saturated heterocycles. The molecular formula is C14H25N5. The topological polar surface area (TPSA) is 44.3 Å². The molecule has 1 N–H and O–H groups in total. The van der Waals surface area contributed by atoms with Crippen molar-refractivity contribution in [1.29, 1.82) is 0 Å². The van der Waals surface area contributed by atoms with Crippen molar-refractivity contribution >= 4 is 5.82 Å². The van der Waals surface area contributed by atoms with Crippen LogP contribution in [0.5, 0.6) is 0 Å². The van der Waals surface area contributed by atoms with Gasteiger partial charge in [-0.25, -0.2) is 9.97 Å². The summed E-state index contributed by atoms with van der Waals surface area (Å²) in [4.78, 5) is 13.4. The Kier molecular flexibility index (Phi) is 5.10. The van der Waals surface area contributed by atoms with E-state index < -0.39 is 0 Å². The fourth-order valence-electron chi connectivity index (χ4n) is 2.43. The Morgan fingerprint density at radius 1 is 1.32 bits per heavy atom. The number of hydrogen-bond acceptors (Lipinski definition) is 5. The molecule has 0 spiro atoms. The average molecular weight is 263 g/mol. The first-order valence-electron chi connectivity index (χ1n) is 7.12. The molecule has 0 radical (unpaired) electrons. The molecule has 1 aliphatic rings. The summed E-state index contributed by atoms with van der Waals surface area (Å²) in [5, 5.41) is 3.44.